The highest BCUT2D eigenvalue weighted by molar-refractivity contribution is 6.09. The Hall–Kier alpha value is -3.48. The number of benzene rings is 2. The molecule has 150 valence electrons. The van der Waals surface area contributed by atoms with Gasteiger partial charge in [-0.2, -0.15) is 0 Å². The van der Waals surface area contributed by atoms with Crippen LogP contribution in [-0.2, 0) is 16.0 Å². The van der Waals surface area contributed by atoms with Crippen molar-refractivity contribution in [1.82, 2.24) is 9.80 Å². The van der Waals surface area contributed by atoms with Crippen molar-refractivity contribution in [1.29, 1.82) is 0 Å². The molecule has 7 nitrogen and oxygen atoms in total. The average Bonchev–Trinajstić information content (AvgIpc) is 2.70. The van der Waals surface area contributed by atoms with Crippen LogP contribution in [0, 0.1) is 17.0 Å². The summed E-state index contributed by atoms with van der Waals surface area (Å²) < 4.78 is 0. The van der Waals surface area contributed by atoms with Gasteiger partial charge in [-0.3, -0.25) is 19.7 Å². The van der Waals surface area contributed by atoms with E-state index in [0.717, 1.165) is 11.1 Å². The number of hydrogen-bond donors (Lipinski definition) is 0. The Labute approximate surface area is 169 Å². The highest BCUT2D eigenvalue weighted by atomic mass is 16.6. The van der Waals surface area contributed by atoms with E-state index in [0.29, 0.717) is 6.42 Å². The van der Waals surface area contributed by atoms with Crippen LogP contribution in [-0.4, -0.2) is 46.2 Å². The highest BCUT2D eigenvalue weighted by Gasteiger charge is 2.48. The van der Waals surface area contributed by atoms with E-state index in [-0.39, 0.29) is 28.8 Å². The van der Waals surface area contributed by atoms with Gasteiger partial charge in [0.25, 0.3) is 17.5 Å². The highest BCUT2D eigenvalue weighted by Crippen LogP contribution is 2.32. The number of hydrogen-bond acceptors (Lipinski definition) is 4. The number of nitro groups is 1. The van der Waals surface area contributed by atoms with Gasteiger partial charge in [-0.05, 0) is 37.1 Å². The Kier molecular flexibility index (Phi) is 5.24. The lowest BCUT2D eigenvalue weighted by Gasteiger charge is -2.45. The maximum atomic E-state index is 13.2. The van der Waals surface area contributed by atoms with Crippen molar-refractivity contribution >= 4 is 23.6 Å². The van der Waals surface area contributed by atoms with Crippen LogP contribution in [0.2, 0.25) is 0 Å². The van der Waals surface area contributed by atoms with Crippen LogP contribution < -0.4 is 0 Å². The first-order valence-electron chi connectivity index (χ1n) is 9.22. The van der Waals surface area contributed by atoms with Gasteiger partial charge < -0.3 is 9.80 Å². The molecule has 2 aromatic rings. The Morgan fingerprint density at radius 1 is 1.10 bits per heavy atom. The van der Waals surface area contributed by atoms with Gasteiger partial charge in [-0.1, -0.05) is 36.4 Å². The fraction of sp³-hybridized carbons (Fsp3) is 0.273. The fourth-order valence-corrected chi connectivity index (χ4v) is 3.58. The van der Waals surface area contributed by atoms with Crippen molar-refractivity contribution in [3.63, 3.8) is 0 Å². The first-order chi connectivity index (χ1) is 13.6. The smallest absolute Gasteiger partial charge is 0.276 e. The number of carbonyl (C=O) groups is 2. The molecule has 3 rings (SSSR count). The third-order valence-electron chi connectivity index (χ3n) is 5.46. The maximum Gasteiger partial charge on any atom is 0.276 e. The second-order valence-electron chi connectivity index (χ2n) is 7.51. The van der Waals surface area contributed by atoms with E-state index in [1.165, 1.54) is 29.0 Å². The number of aryl methyl sites for hydroxylation is 1. The molecule has 0 N–H and O–H groups in total. The Morgan fingerprint density at radius 2 is 1.76 bits per heavy atom. The summed E-state index contributed by atoms with van der Waals surface area (Å²) in [5.74, 6) is -0.607. The monoisotopic (exact) mass is 393 g/mol. The molecule has 2 amide bonds. The summed E-state index contributed by atoms with van der Waals surface area (Å²) in [4.78, 5) is 40.0. The van der Waals surface area contributed by atoms with E-state index in [2.05, 4.69) is 0 Å². The van der Waals surface area contributed by atoms with Crippen LogP contribution in [0.25, 0.3) is 6.08 Å². The average molecular weight is 393 g/mol. The summed E-state index contributed by atoms with van der Waals surface area (Å²) in [5, 5.41) is 11.4. The number of carbonyl (C=O) groups excluding carboxylic acids is 2. The fourth-order valence-electron chi connectivity index (χ4n) is 3.58. The minimum atomic E-state index is -1.05. The first kappa shape index (κ1) is 20.3. The normalized spacial score (nSPS) is 21.0. The van der Waals surface area contributed by atoms with Crippen molar-refractivity contribution < 1.29 is 14.5 Å². The number of nitro benzene ring substituents is 1. The standard InChI is InChI=1S/C22H23N3O4/c1-15-10-11-17(18(12-15)25(28)29)13-19-20(26)24(4)22(2,21(27)23(19)3)14-16-8-6-5-7-9-16/h5-13H,14H2,1-4H3. The van der Waals surface area contributed by atoms with E-state index in [1.54, 1.807) is 33.0 Å². The van der Waals surface area contributed by atoms with Crippen molar-refractivity contribution in [2.24, 2.45) is 0 Å². The summed E-state index contributed by atoms with van der Waals surface area (Å²) in [6.07, 6.45) is 1.79. The third-order valence-corrected chi connectivity index (χ3v) is 5.46. The molecule has 29 heavy (non-hydrogen) atoms. The molecule has 0 radical (unpaired) electrons. The zero-order valence-corrected chi connectivity index (χ0v) is 16.9. The summed E-state index contributed by atoms with van der Waals surface area (Å²) in [7, 11) is 3.12. The molecule has 1 fully saturated rings. The van der Waals surface area contributed by atoms with Crippen LogP contribution in [0.5, 0.6) is 0 Å². The lowest BCUT2D eigenvalue weighted by Crippen LogP contribution is -2.64. The topological polar surface area (TPSA) is 83.8 Å². The van der Waals surface area contributed by atoms with E-state index >= 15 is 0 Å². The van der Waals surface area contributed by atoms with Gasteiger partial charge >= 0.3 is 0 Å². The third kappa shape index (κ3) is 3.63. The van der Waals surface area contributed by atoms with Crippen molar-refractivity contribution in [2.75, 3.05) is 14.1 Å². The molecule has 1 unspecified atom stereocenters. The summed E-state index contributed by atoms with van der Waals surface area (Å²) in [6.45, 7) is 3.50. The number of rotatable bonds is 4. The molecule has 1 aliphatic heterocycles. The van der Waals surface area contributed by atoms with Crippen LogP contribution >= 0.6 is 0 Å². The van der Waals surface area contributed by atoms with Crippen LogP contribution in [0.4, 0.5) is 5.69 Å². The minimum Gasteiger partial charge on any atom is -0.326 e. The second-order valence-corrected chi connectivity index (χ2v) is 7.51. The van der Waals surface area contributed by atoms with Gasteiger partial charge in [0.2, 0.25) is 0 Å². The molecule has 0 aromatic heterocycles. The summed E-state index contributed by atoms with van der Waals surface area (Å²) in [6, 6.07) is 14.3. The van der Waals surface area contributed by atoms with Gasteiger partial charge in [0.1, 0.15) is 11.2 Å². The molecule has 0 saturated carbocycles. The molecule has 0 aliphatic carbocycles. The van der Waals surface area contributed by atoms with Crippen LogP contribution in [0.3, 0.4) is 0 Å². The Bertz CT molecular complexity index is 1020. The van der Waals surface area contributed by atoms with Gasteiger partial charge in [-0.15, -0.1) is 0 Å². The molecular weight excluding hydrogens is 370 g/mol. The summed E-state index contributed by atoms with van der Waals surface area (Å²) in [5.41, 5.74) is 0.915. The van der Waals surface area contributed by atoms with Crippen molar-refractivity contribution in [2.45, 2.75) is 25.8 Å². The largest absolute Gasteiger partial charge is 0.326 e. The van der Waals surface area contributed by atoms with Gasteiger partial charge in [0, 0.05) is 26.6 Å². The van der Waals surface area contributed by atoms with E-state index in [1.807, 2.05) is 30.3 Å². The maximum absolute atomic E-state index is 13.2. The molecule has 7 heteroatoms. The van der Waals surface area contributed by atoms with E-state index in [9.17, 15) is 19.7 Å². The molecule has 1 saturated heterocycles. The van der Waals surface area contributed by atoms with Crippen molar-refractivity contribution in [3.05, 3.63) is 81.0 Å². The van der Waals surface area contributed by atoms with E-state index in [4.69, 9.17) is 0 Å². The quantitative estimate of drug-likeness (QED) is 0.454. The van der Waals surface area contributed by atoms with Gasteiger partial charge in [-0.25, -0.2) is 0 Å². The zero-order valence-electron chi connectivity index (χ0n) is 16.9. The number of piperazine rings is 1. The molecule has 2 aromatic carbocycles. The second kappa shape index (κ2) is 7.50. The number of likely N-dealkylation sites (N-methyl/N-ethyl adjacent to an activating group) is 2. The summed E-state index contributed by atoms with van der Waals surface area (Å²) >= 11 is 0. The molecule has 0 spiro atoms. The number of nitrogens with zero attached hydrogens (tertiary/aromatic N) is 3. The van der Waals surface area contributed by atoms with Crippen LogP contribution in [0.15, 0.2) is 54.2 Å². The molecular formula is C22H23N3O4. The predicted octanol–water partition coefficient (Wildman–Crippen LogP) is 3.18. The SMILES string of the molecule is Cc1ccc(C=C2C(=O)N(C)C(C)(Cc3ccccc3)C(=O)N2C)c([N+](=O)[O-])c1. The van der Waals surface area contributed by atoms with Gasteiger partial charge in [0.15, 0.2) is 0 Å². The first-order valence-corrected chi connectivity index (χ1v) is 9.22. The van der Waals surface area contributed by atoms with Crippen LogP contribution in [0.1, 0.15) is 23.6 Å². The molecule has 0 bridgehead atoms. The molecule has 1 aliphatic rings. The van der Waals surface area contributed by atoms with E-state index < -0.39 is 10.5 Å². The minimum absolute atomic E-state index is 0.105. The Morgan fingerprint density at radius 3 is 2.38 bits per heavy atom. The molecule has 1 heterocycles. The zero-order chi connectivity index (χ0) is 21.3. The predicted molar refractivity (Wildman–Crippen MR) is 110 cm³/mol. The lowest BCUT2D eigenvalue weighted by molar-refractivity contribution is -0.385. The van der Waals surface area contributed by atoms with Gasteiger partial charge in [0.05, 0.1) is 10.5 Å². The molecule has 1 atom stereocenters. The van der Waals surface area contributed by atoms with Crippen molar-refractivity contribution in [3.8, 4) is 0 Å². The number of amides is 2. The lowest BCUT2D eigenvalue weighted by atomic mass is 9.87. The Balaban J connectivity index is 2.02.